The molecule has 2 aliphatic rings. The fourth-order valence-corrected chi connectivity index (χ4v) is 16.1. The highest BCUT2D eigenvalue weighted by Crippen LogP contribution is 2.40. The molecule has 2 atom stereocenters. The Morgan fingerprint density at radius 1 is 0.579 bits per heavy atom. The lowest BCUT2D eigenvalue weighted by molar-refractivity contribution is 0.860. The highest BCUT2D eigenvalue weighted by molar-refractivity contribution is 7.13. The van der Waals surface area contributed by atoms with Crippen LogP contribution in [0.5, 0.6) is 0 Å². The molecule has 0 fully saturated rings. The number of aromatic amines is 1. The lowest BCUT2D eigenvalue weighted by atomic mass is 9.88. The third-order valence-corrected chi connectivity index (χ3v) is 20.2. The predicted octanol–water partition coefficient (Wildman–Crippen LogP) is 15.7. The maximum Gasteiger partial charge on any atom is 0.178 e. The molecule has 0 saturated carbocycles. The van der Waals surface area contributed by atoms with Gasteiger partial charge in [-0.05, 0) is 112 Å². The van der Waals surface area contributed by atoms with Gasteiger partial charge in [0.15, 0.2) is 8.07 Å². The van der Waals surface area contributed by atoms with E-state index in [-0.39, 0.29) is 11.8 Å². The summed E-state index contributed by atoms with van der Waals surface area (Å²) in [5, 5.41) is 10.7. The monoisotopic (exact) mass is 993 g/mol. The van der Waals surface area contributed by atoms with E-state index in [9.17, 15) is 0 Å². The van der Waals surface area contributed by atoms with Crippen LogP contribution in [0.2, 0.25) is 0 Å². The van der Waals surface area contributed by atoms with Gasteiger partial charge in [0, 0.05) is 61.5 Å². The average molecular weight is 994 g/mol. The maximum absolute atomic E-state index is 4.90. The first-order valence-corrected chi connectivity index (χ1v) is 28.3. The van der Waals surface area contributed by atoms with Crippen molar-refractivity contribution in [3.05, 3.63) is 319 Å². The molecule has 0 radical (unpaired) electrons. The molecule has 366 valence electrons. The smallest absolute Gasteiger partial charge is 0.178 e. The second-order valence-electron chi connectivity index (χ2n) is 19.9. The van der Waals surface area contributed by atoms with Crippen molar-refractivity contribution in [3.63, 3.8) is 0 Å². The summed E-state index contributed by atoms with van der Waals surface area (Å²) in [7, 11) is -2.92. The van der Waals surface area contributed by atoms with E-state index in [1.165, 1.54) is 70.5 Å². The summed E-state index contributed by atoms with van der Waals surface area (Å²) in [6.07, 6.45) is 25.9. The number of anilines is 2. The van der Waals surface area contributed by atoms with Gasteiger partial charge < -0.3 is 14.5 Å². The molecule has 0 amide bonds. The molecule has 1 N–H and O–H groups in total. The normalized spacial score (nSPS) is 15.2. The molecular weight excluding hydrogens is 935 g/mol. The van der Waals surface area contributed by atoms with Gasteiger partial charge in [0.25, 0.3) is 0 Å². The van der Waals surface area contributed by atoms with Crippen LogP contribution in [-0.2, 0) is 0 Å². The molecule has 8 aromatic carbocycles. The third kappa shape index (κ3) is 8.63. The fourth-order valence-electron chi connectivity index (χ4n) is 11.9. The highest BCUT2D eigenvalue weighted by atomic mass is 28.3. The van der Waals surface area contributed by atoms with Crippen molar-refractivity contribution in [1.82, 2.24) is 9.55 Å². The number of para-hydroxylation sites is 3. The minimum atomic E-state index is -2.92. The van der Waals surface area contributed by atoms with Crippen molar-refractivity contribution in [2.45, 2.75) is 24.7 Å². The lowest BCUT2D eigenvalue weighted by Gasteiger charge is -2.35. The van der Waals surface area contributed by atoms with Gasteiger partial charge in [-0.1, -0.05) is 237 Å². The number of H-pyrrole nitrogens is 1. The first-order chi connectivity index (χ1) is 37.4. The standard InChI is InChI=1S/C72H59N3Si/c1-5-6-23-52(3)76(62-28-15-9-16-29-62,63-30-17-10-18-31-63)53(4)37-36-51(2)74(60-43-38-54(39-44-60)57-42-47-66-65-33-20-22-35-70(65)75(71(66)50-57)59-26-13-8-14-27-59)61-45-40-55(41-46-61)58-48-67(56-24-11-7-12-25-56)72-68(49-58)64-32-19-21-34-69(64)73-72/h5-24,26-41,43-50,56-57,73H,1-4,25,42H2. The Hall–Kier alpha value is -9.22. The summed E-state index contributed by atoms with van der Waals surface area (Å²) >= 11 is 0. The molecule has 0 bridgehead atoms. The average Bonchev–Trinajstić information content (AvgIpc) is 4.09. The van der Waals surface area contributed by atoms with Crippen LogP contribution in [-0.4, -0.2) is 17.6 Å². The predicted molar refractivity (Wildman–Crippen MR) is 328 cm³/mol. The van der Waals surface area contributed by atoms with Crippen LogP contribution in [0.15, 0.2) is 297 Å². The molecule has 3 nitrogen and oxygen atoms in total. The number of rotatable bonds is 15. The first-order valence-electron chi connectivity index (χ1n) is 26.3. The van der Waals surface area contributed by atoms with E-state index in [4.69, 9.17) is 19.7 Å². The third-order valence-electron chi connectivity index (χ3n) is 15.5. The number of aromatic nitrogens is 2. The van der Waals surface area contributed by atoms with Crippen molar-refractivity contribution in [2.24, 2.45) is 0 Å². The number of allylic oxidation sites excluding steroid dienone is 11. The fraction of sp³-hybridized carbons (Fsp3) is 0.0556. The van der Waals surface area contributed by atoms with Gasteiger partial charge in [-0.3, -0.25) is 0 Å². The summed E-state index contributed by atoms with van der Waals surface area (Å²) in [4.78, 5) is 6.05. The second kappa shape index (κ2) is 20.6. The summed E-state index contributed by atoms with van der Waals surface area (Å²) in [5.41, 5.74) is 12.5. The number of benzene rings is 8. The molecule has 4 heteroatoms. The van der Waals surface area contributed by atoms with Crippen LogP contribution in [0, 0.1) is 0 Å². The molecule has 10 aromatic rings. The molecule has 0 spiro atoms. The molecule has 2 heterocycles. The zero-order valence-corrected chi connectivity index (χ0v) is 43.7. The van der Waals surface area contributed by atoms with E-state index in [0.29, 0.717) is 0 Å². The molecule has 0 saturated heterocycles. The maximum atomic E-state index is 4.90. The van der Waals surface area contributed by atoms with Crippen molar-refractivity contribution in [3.8, 4) is 16.8 Å². The summed E-state index contributed by atoms with van der Waals surface area (Å²) in [5.74, 6) is 0.480. The Kier molecular flexibility index (Phi) is 12.9. The van der Waals surface area contributed by atoms with E-state index in [0.717, 1.165) is 51.4 Å². The van der Waals surface area contributed by atoms with Crippen molar-refractivity contribution in [2.75, 3.05) is 4.90 Å². The molecule has 12 rings (SSSR count). The van der Waals surface area contributed by atoms with Gasteiger partial charge in [0.1, 0.15) is 0 Å². The molecule has 2 aliphatic carbocycles. The van der Waals surface area contributed by atoms with Gasteiger partial charge in [0.2, 0.25) is 0 Å². The van der Waals surface area contributed by atoms with Gasteiger partial charge in [-0.25, -0.2) is 0 Å². The van der Waals surface area contributed by atoms with Crippen molar-refractivity contribution >= 4 is 74.7 Å². The van der Waals surface area contributed by atoms with Crippen LogP contribution in [0.3, 0.4) is 0 Å². The summed E-state index contributed by atoms with van der Waals surface area (Å²) in [6, 6.07) is 72.5. The Morgan fingerprint density at radius 2 is 1.21 bits per heavy atom. The number of hydrogen-bond acceptors (Lipinski definition) is 1. The Labute approximate surface area is 447 Å². The first kappa shape index (κ1) is 47.8. The van der Waals surface area contributed by atoms with E-state index in [2.05, 4.69) is 276 Å². The van der Waals surface area contributed by atoms with Crippen molar-refractivity contribution in [1.29, 1.82) is 0 Å². The summed E-state index contributed by atoms with van der Waals surface area (Å²) in [6.45, 7) is 18.5. The van der Waals surface area contributed by atoms with Crippen LogP contribution in [0.4, 0.5) is 11.4 Å². The molecule has 2 unspecified atom stereocenters. The minimum absolute atomic E-state index is 0.198. The molecule has 2 aromatic heterocycles. The molecule has 76 heavy (non-hydrogen) atoms. The lowest BCUT2D eigenvalue weighted by Crippen LogP contribution is -2.61. The van der Waals surface area contributed by atoms with Crippen LogP contribution < -0.4 is 25.8 Å². The van der Waals surface area contributed by atoms with Crippen LogP contribution >= 0.6 is 0 Å². The number of fused-ring (bicyclic) bond motifs is 6. The molecular formula is C72H59N3Si. The highest BCUT2D eigenvalue weighted by Gasteiger charge is 2.41. The van der Waals surface area contributed by atoms with E-state index >= 15 is 0 Å². The zero-order valence-electron chi connectivity index (χ0n) is 42.7. The topological polar surface area (TPSA) is 24.0 Å². The second-order valence-corrected chi connectivity index (χ2v) is 23.9. The van der Waals surface area contributed by atoms with Crippen molar-refractivity contribution < 1.29 is 0 Å². The van der Waals surface area contributed by atoms with Gasteiger partial charge >= 0.3 is 0 Å². The quantitative estimate of drug-likeness (QED) is 0.0803. The van der Waals surface area contributed by atoms with E-state index in [1.807, 2.05) is 12.2 Å². The van der Waals surface area contributed by atoms with Crippen LogP contribution in [0.25, 0.3) is 61.7 Å². The van der Waals surface area contributed by atoms with E-state index in [1.54, 1.807) is 0 Å². The number of nitrogens with one attached hydrogen (secondary N) is 1. The zero-order chi connectivity index (χ0) is 51.6. The molecule has 0 aliphatic heterocycles. The SMILES string of the molecule is C=CC=CC(=C)[Si](C(=C)C=CC(=C)N(c1ccc(-c2cc(C3C=CC=CC3)c3[nH]c4ccccc4c3c2)cc1)c1ccc(C2C=c3c(c4ccccc4n3-c3ccccc3)=CC2)cc1)(c1ccccc1)c1ccccc1. The minimum Gasteiger partial charge on any atom is -0.354 e. The van der Waals surface area contributed by atoms with E-state index < -0.39 is 8.07 Å². The van der Waals surface area contributed by atoms with Gasteiger partial charge in [0.05, 0.1) is 16.4 Å². The van der Waals surface area contributed by atoms with Gasteiger partial charge in [-0.15, -0.1) is 0 Å². The largest absolute Gasteiger partial charge is 0.354 e. The Bertz CT molecular complexity index is 4070. The summed E-state index contributed by atoms with van der Waals surface area (Å²) < 4.78 is 2.42. The number of nitrogens with zero attached hydrogens (tertiary/aromatic N) is 2. The Morgan fingerprint density at radius 3 is 1.89 bits per heavy atom. The Balaban J connectivity index is 0.947. The van der Waals surface area contributed by atoms with Gasteiger partial charge in [-0.2, -0.15) is 0 Å². The number of hydrogen-bond donors (Lipinski definition) is 1. The van der Waals surface area contributed by atoms with Crippen LogP contribution in [0.1, 0.15) is 35.8 Å².